The lowest BCUT2D eigenvalue weighted by atomic mass is 10.3. The van der Waals surface area contributed by atoms with E-state index in [1.54, 1.807) is 0 Å². The minimum atomic E-state index is -0.561. The minimum Gasteiger partial charge on any atom is -0.237 e. The van der Waals surface area contributed by atoms with Crippen LogP contribution in [0.4, 0.5) is 0 Å². The summed E-state index contributed by atoms with van der Waals surface area (Å²) in [5.74, 6) is 0. The van der Waals surface area contributed by atoms with Gasteiger partial charge in [-0.3, -0.25) is 0 Å². The van der Waals surface area contributed by atoms with Crippen molar-refractivity contribution in [1.29, 1.82) is 0 Å². The second-order valence-corrected chi connectivity index (χ2v) is 1.52. The van der Waals surface area contributed by atoms with Crippen molar-refractivity contribution < 1.29 is 14.9 Å². The maximum atomic E-state index is 10.3. The molecular formula is C4H7O3. The average molecular weight is 103 g/mol. The summed E-state index contributed by atoms with van der Waals surface area (Å²) < 4.78 is 0. The molecule has 1 atom stereocenters. The number of hydrogen-bond donors (Lipinski definition) is 0. The topological polar surface area (TPSA) is 38.4 Å². The molecule has 1 aliphatic rings. The SMILES string of the molecule is [O]C1CCOOC1. The molecule has 0 amide bonds. The predicted octanol–water partition coefficient (Wildman–Crippen LogP) is 0.137. The van der Waals surface area contributed by atoms with Crippen molar-refractivity contribution in [3.8, 4) is 0 Å². The number of hydrogen-bond acceptors (Lipinski definition) is 2. The maximum Gasteiger partial charge on any atom is 0.122 e. The van der Waals surface area contributed by atoms with Crippen LogP contribution in [0.5, 0.6) is 0 Å². The van der Waals surface area contributed by atoms with E-state index in [0.717, 1.165) is 0 Å². The monoisotopic (exact) mass is 103 g/mol. The Balaban J connectivity index is 2.12. The molecule has 1 fully saturated rings. The molecule has 1 rings (SSSR count). The van der Waals surface area contributed by atoms with Crippen LogP contribution in [0, 0.1) is 0 Å². The minimum absolute atomic E-state index is 0.208. The lowest BCUT2D eigenvalue weighted by Gasteiger charge is -2.12. The van der Waals surface area contributed by atoms with Gasteiger partial charge in [-0.05, 0) is 0 Å². The third-order valence-corrected chi connectivity index (χ3v) is 0.860. The van der Waals surface area contributed by atoms with E-state index < -0.39 is 6.10 Å². The molecule has 1 unspecified atom stereocenters. The summed E-state index contributed by atoms with van der Waals surface area (Å²) in [5.41, 5.74) is 0. The van der Waals surface area contributed by atoms with Crippen molar-refractivity contribution in [2.75, 3.05) is 13.2 Å². The van der Waals surface area contributed by atoms with E-state index in [1.807, 2.05) is 0 Å². The summed E-state index contributed by atoms with van der Waals surface area (Å²) in [6.07, 6.45) is 0.0220. The van der Waals surface area contributed by atoms with Gasteiger partial charge in [0.1, 0.15) is 12.7 Å². The van der Waals surface area contributed by atoms with Crippen molar-refractivity contribution in [3.05, 3.63) is 0 Å². The fourth-order valence-electron chi connectivity index (χ4n) is 0.446. The molecule has 1 aliphatic heterocycles. The van der Waals surface area contributed by atoms with E-state index in [1.165, 1.54) is 0 Å². The van der Waals surface area contributed by atoms with E-state index >= 15 is 0 Å². The molecule has 0 aromatic heterocycles. The Kier molecular flexibility index (Phi) is 1.62. The highest BCUT2D eigenvalue weighted by atomic mass is 17.2. The molecule has 0 bridgehead atoms. The molecule has 1 radical (unpaired) electrons. The summed E-state index contributed by atoms with van der Waals surface area (Å²) in [7, 11) is 0. The van der Waals surface area contributed by atoms with Crippen LogP contribution in [0.3, 0.4) is 0 Å². The van der Waals surface area contributed by atoms with Gasteiger partial charge in [-0.25, -0.2) is 14.9 Å². The summed E-state index contributed by atoms with van der Waals surface area (Å²) >= 11 is 0. The zero-order valence-electron chi connectivity index (χ0n) is 3.92. The van der Waals surface area contributed by atoms with Gasteiger partial charge in [0.25, 0.3) is 0 Å². The third-order valence-electron chi connectivity index (χ3n) is 0.860. The first kappa shape index (κ1) is 5.03. The molecule has 0 saturated carbocycles. The van der Waals surface area contributed by atoms with Crippen LogP contribution >= 0.6 is 0 Å². The first-order chi connectivity index (χ1) is 3.39. The Morgan fingerprint density at radius 3 is 2.57 bits per heavy atom. The fourth-order valence-corrected chi connectivity index (χ4v) is 0.446. The van der Waals surface area contributed by atoms with E-state index in [0.29, 0.717) is 13.0 Å². The first-order valence-corrected chi connectivity index (χ1v) is 2.30. The molecular weight excluding hydrogens is 96.0 g/mol. The van der Waals surface area contributed by atoms with Crippen LogP contribution in [0.2, 0.25) is 0 Å². The van der Waals surface area contributed by atoms with Gasteiger partial charge in [0.15, 0.2) is 0 Å². The fraction of sp³-hybridized carbons (Fsp3) is 1.00. The van der Waals surface area contributed by atoms with E-state index in [2.05, 4.69) is 9.78 Å². The average Bonchev–Trinajstić information content (AvgIpc) is 1.69. The van der Waals surface area contributed by atoms with Crippen LogP contribution < -0.4 is 0 Å². The summed E-state index contributed by atoms with van der Waals surface area (Å²) in [6, 6.07) is 0. The van der Waals surface area contributed by atoms with Crippen molar-refractivity contribution >= 4 is 0 Å². The molecule has 0 aromatic carbocycles. The zero-order valence-corrected chi connectivity index (χ0v) is 3.92. The summed E-state index contributed by atoms with van der Waals surface area (Å²) in [6.45, 7) is 0.661. The van der Waals surface area contributed by atoms with Crippen molar-refractivity contribution in [3.63, 3.8) is 0 Å². The van der Waals surface area contributed by atoms with Crippen LogP contribution in [-0.2, 0) is 14.9 Å². The van der Waals surface area contributed by atoms with Crippen LogP contribution in [0.15, 0.2) is 0 Å². The van der Waals surface area contributed by atoms with Gasteiger partial charge >= 0.3 is 0 Å². The Morgan fingerprint density at radius 2 is 2.29 bits per heavy atom. The van der Waals surface area contributed by atoms with Gasteiger partial charge in [0.2, 0.25) is 0 Å². The lowest BCUT2D eigenvalue weighted by Crippen LogP contribution is -2.22. The summed E-state index contributed by atoms with van der Waals surface area (Å²) in [4.78, 5) is 8.81. The molecule has 0 aliphatic carbocycles. The molecule has 0 aromatic rings. The van der Waals surface area contributed by atoms with Gasteiger partial charge in [-0.15, -0.1) is 0 Å². The normalized spacial score (nSPS) is 33.0. The van der Waals surface area contributed by atoms with Crippen molar-refractivity contribution in [1.82, 2.24) is 0 Å². The van der Waals surface area contributed by atoms with E-state index in [-0.39, 0.29) is 6.61 Å². The molecule has 0 N–H and O–H groups in total. The Labute approximate surface area is 41.8 Å². The van der Waals surface area contributed by atoms with Crippen molar-refractivity contribution in [2.45, 2.75) is 12.5 Å². The van der Waals surface area contributed by atoms with Crippen LogP contribution in [0.1, 0.15) is 6.42 Å². The first-order valence-electron chi connectivity index (χ1n) is 2.30. The smallest absolute Gasteiger partial charge is 0.122 e. The molecule has 3 nitrogen and oxygen atoms in total. The molecule has 0 spiro atoms. The van der Waals surface area contributed by atoms with E-state index in [4.69, 9.17) is 0 Å². The van der Waals surface area contributed by atoms with Gasteiger partial charge < -0.3 is 0 Å². The highest BCUT2D eigenvalue weighted by Gasteiger charge is 2.11. The molecule has 41 valence electrons. The summed E-state index contributed by atoms with van der Waals surface area (Å²) in [5, 5.41) is 10.3. The zero-order chi connectivity index (χ0) is 5.11. The Bertz CT molecular complexity index is 48.9. The number of rotatable bonds is 0. The third kappa shape index (κ3) is 1.43. The predicted molar refractivity (Wildman–Crippen MR) is 21.0 cm³/mol. The Hall–Kier alpha value is -0.120. The van der Waals surface area contributed by atoms with Gasteiger partial charge in [0.05, 0.1) is 6.61 Å². The van der Waals surface area contributed by atoms with Crippen molar-refractivity contribution in [2.24, 2.45) is 0 Å². The van der Waals surface area contributed by atoms with Crippen LogP contribution in [0.25, 0.3) is 0 Å². The molecule has 1 saturated heterocycles. The second-order valence-electron chi connectivity index (χ2n) is 1.52. The second kappa shape index (κ2) is 2.26. The largest absolute Gasteiger partial charge is 0.237 e. The highest BCUT2D eigenvalue weighted by Crippen LogP contribution is 2.00. The van der Waals surface area contributed by atoms with E-state index in [9.17, 15) is 5.11 Å². The highest BCUT2D eigenvalue weighted by molar-refractivity contribution is 4.52. The molecule has 3 heteroatoms. The molecule has 7 heavy (non-hydrogen) atoms. The Morgan fingerprint density at radius 1 is 1.43 bits per heavy atom. The molecule has 1 heterocycles. The maximum absolute atomic E-state index is 10.3. The van der Waals surface area contributed by atoms with Gasteiger partial charge in [0, 0.05) is 6.42 Å². The standard InChI is InChI=1S/C4H7O3/c5-4-1-2-6-7-3-4/h4H,1-3H2. The van der Waals surface area contributed by atoms with Gasteiger partial charge in [-0.2, -0.15) is 0 Å². The quantitative estimate of drug-likeness (QED) is 0.409. The van der Waals surface area contributed by atoms with Crippen LogP contribution in [-0.4, -0.2) is 19.3 Å². The van der Waals surface area contributed by atoms with Gasteiger partial charge in [-0.1, -0.05) is 0 Å². The lowest BCUT2D eigenvalue weighted by molar-refractivity contribution is -0.334.